The van der Waals surface area contributed by atoms with Gasteiger partial charge in [0.15, 0.2) is 5.69 Å². The molecule has 2 rings (SSSR count). The topological polar surface area (TPSA) is 110 Å². The minimum Gasteiger partial charge on any atom is -0.383 e. The second kappa shape index (κ2) is 9.02. The molecule has 1 amide bonds. The monoisotopic (exact) mass is 366 g/mol. The van der Waals surface area contributed by atoms with Crippen LogP contribution in [0.2, 0.25) is 0 Å². The minimum absolute atomic E-state index is 0.0632. The number of anilines is 2. The van der Waals surface area contributed by atoms with Crippen molar-refractivity contribution in [2.75, 3.05) is 30.4 Å². The molecule has 1 aliphatic heterocycles. The molecule has 0 saturated carbocycles. The van der Waals surface area contributed by atoms with Crippen LogP contribution in [-0.4, -0.2) is 35.2 Å². The van der Waals surface area contributed by atoms with Gasteiger partial charge in [-0.3, -0.25) is 19.1 Å². The molecule has 0 atom stereocenters. The Kier molecular flexibility index (Phi) is 7.02. The van der Waals surface area contributed by atoms with Crippen LogP contribution in [0.4, 0.5) is 11.5 Å². The Hall–Kier alpha value is -2.09. The maximum absolute atomic E-state index is 13.1. The molecule has 8 heteroatoms. The first-order valence-corrected chi connectivity index (χ1v) is 9.38. The summed E-state index contributed by atoms with van der Waals surface area (Å²) in [6.07, 6.45) is 2.89. The van der Waals surface area contributed by atoms with Gasteiger partial charge in [0, 0.05) is 32.2 Å². The molecule has 1 aliphatic rings. The fourth-order valence-corrected chi connectivity index (χ4v) is 3.20. The summed E-state index contributed by atoms with van der Waals surface area (Å²) in [6.45, 7) is 7.81. The number of nitrogens with zero attached hydrogens (tertiary/aromatic N) is 2. The average Bonchev–Trinajstić information content (AvgIpc) is 2.60. The van der Waals surface area contributed by atoms with Crippen molar-refractivity contribution in [2.45, 2.75) is 53.0 Å². The number of amides is 1. The molecule has 8 nitrogen and oxygen atoms in total. The van der Waals surface area contributed by atoms with E-state index in [4.69, 9.17) is 10.5 Å². The molecule has 26 heavy (non-hydrogen) atoms. The highest BCUT2D eigenvalue weighted by Gasteiger charge is 2.31. The van der Waals surface area contributed by atoms with Crippen LogP contribution in [-0.2, 0) is 16.1 Å². The zero-order valence-corrected chi connectivity index (χ0v) is 15.9. The SMILES string of the molecule is CCCCn1c(N)c(N(CC(C)C)C(=O)C2CCOCC2)c(=O)[nH]c1=O. The van der Waals surface area contributed by atoms with Crippen molar-refractivity contribution in [2.24, 2.45) is 11.8 Å². The van der Waals surface area contributed by atoms with E-state index in [1.54, 1.807) is 0 Å². The van der Waals surface area contributed by atoms with E-state index in [9.17, 15) is 14.4 Å². The lowest BCUT2D eigenvalue weighted by Gasteiger charge is -2.31. The number of aromatic amines is 1. The Morgan fingerprint density at radius 1 is 1.35 bits per heavy atom. The van der Waals surface area contributed by atoms with Gasteiger partial charge in [0.1, 0.15) is 5.82 Å². The van der Waals surface area contributed by atoms with E-state index in [1.165, 1.54) is 9.47 Å². The summed E-state index contributed by atoms with van der Waals surface area (Å²) >= 11 is 0. The highest BCUT2D eigenvalue weighted by atomic mass is 16.5. The number of ether oxygens (including phenoxy) is 1. The lowest BCUT2D eigenvalue weighted by molar-refractivity contribution is -0.125. The lowest BCUT2D eigenvalue weighted by Crippen LogP contribution is -2.45. The number of carbonyl (C=O) groups is 1. The standard InChI is InChI=1S/C18H30N4O4/c1-4-5-8-21-15(19)14(16(23)20-18(21)25)22(11-12(2)3)17(24)13-6-9-26-10-7-13/h12-13H,4-11,19H2,1-3H3,(H,20,23,25). The fraction of sp³-hybridized carbons (Fsp3) is 0.722. The molecular formula is C18H30N4O4. The Bertz CT molecular complexity index is 732. The van der Waals surface area contributed by atoms with Crippen LogP contribution in [0.1, 0.15) is 46.5 Å². The molecule has 0 bridgehead atoms. The quantitative estimate of drug-likeness (QED) is 0.756. The zero-order chi connectivity index (χ0) is 19.3. The average molecular weight is 366 g/mol. The van der Waals surface area contributed by atoms with Crippen LogP contribution in [0.3, 0.4) is 0 Å². The normalized spacial score (nSPS) is 15.4. The molecule has 0 aromatic carbocycles. The Balaban J connectivity index is 2.48. The predicted molar refractivity (Wildman–Crippen MR) is 101 cm³/mol. The van der Waals surface area contributed by atoms with Crippen molar-refractivity contribution in [3.63, 3.8) is 0 Å². The third-order valence-electron chi connectivity index (χ3n) is 4.60. The second-order valence-corrected chi connectivity index (χ2v) is 7.23. The molecule has 1 aromatic rings. The summed E-state index contributed by atoms with van der Waals surface area (Å²) in [5.74, 6) is -0.112. The largest absolute Gasteiger partial charge is 0.383 e. The van der Waals surface area contributed by atoms with E-state index >= 15 is 0 Å². The number of hydrogen-bond acceptors (Lipinski definition) is 5. The molecule has 2 heterocycles. The smallest absolute Gasteiger partial charge is 0.330 e. The van der Waals surface area contributed by atoms with E-state index in [-0.39, 0.29) is 29.2 Å². The van der Waals surface area contributed by atoms with Crippen molar-refractivity contribution >= 4 is 17.4 Å². The van der Waals surface area contributed by atoms with Gasteiger partial charge in [-0.2, -0.15) is 0 Å². The molecule has 0 unspecified atom stereocenters. The zero-order valence-electron chi connectivity index (χ0n) is 15.9. The Labute approximate surface area is 153 Å². The number of hydrogen-bond donors (Lipinski definition) is 2. The van der Waals surface area contributed by atoms with Gasteiger partial charge in [-0.1, -0.05) is 27.2 Å². The molecule has 3 N–H and O–H groups in total. The third-order valence-corrected chi connectivity index (χ3v) is 4.60. The first kappa shape index (κ1) is 20.2. The second-order valence-electron chi connectivity index (χ2n) is 7.23. The van der Waals surface area contributed by atoms with Gasteiger partial charge < -0.3 is 15.4 Å². The van der Waals surface area contributed by atoms with E-state index < -0.39 is 11.2 Å². The first-order valence-electron chi connectivity index (χ1n) is 9.38. The third kappa shape index (κ3) is 4.55. The summed E-state index contributed by atoms with van der Waals surface area (Å²) in [5.41, 5.74) is 5.14. The number of rotatable bonds is 7. The van der Waals surface area contributed by atoms with E-state index in [2.05, 4.69) is 4.98 Å². The van der Waals surface area contributed by atoms with Gasteiger partial charge >= 0.3 is 5.69 Å². The van der Waals surface area contributed by atoms with E-state index in [1.807, 2.05) is 20.8 Å². The van der Waals surface area contributed by atoms with Gasteiger partial charge in [-0.05, 0) is 25.2 Å². The van der Waals surface area contributed by atoms with Crippen molar-refractivity contribution in [3.05, 3.63) is 20.8 Å². The predicted octanol–water partition coefficient (Wildman–Crippen LogP) is 1.33. The minimum atomic E-state index is -0.610. The van der Waals surface area contributed by atoms with Crippen LogP contribution in [0, 0.1) is 11.8 Å². The summed E-state index contributed by atoms with van der Waals surface area (Å²) in [6, 6.07) is 0. The summed E-state index contributed by atoms with van der Waals surface area (Å²) < 4.78 is 6.69. The molecule has 0 spiro atoms. The van der Waals surface area contributed by atoms with Crippen molar-refractivity contribution < 1.29 is 9.53 Å². The van der Waals surface area contributed by atoms with Gasteiger partial charge in [0.05, 0.1) is 0 Å². The number of carbonyl (C=O) groups excluding carboxylic acids is 1. The number of aromatic nitrogens is 2. The molecule has 1 fully saturated rings. The number of nitrogens with two attached hydrogens (primary N) is 1. The van der Waals surface area contributed by atoms with Crippen LogP contribution in [0.5, 0.6) is 0 Å². The number of nitrogens with one attached hydrogen (secondary N) is 1. The molecular weight excluding hydrogens is 336 g/mol. The van der Waals surface area contributed by atoms with Crippen molar-refractivity contribution in [1.82, 2.24) is 9.55 Å². The van der Waals surface area contributed by atoms with Gasteiger partial charge in [-0.25, -0.2) is 4.79 Å². The number of unbranched alkanes of at least 4 members (excludes halogenated alkanes) is 1. The van der Waals surface area contributed by atoms with Crippen molar-refractivity contribution in [1.29, 1.82) is 0 Å². The number of nitrogen functional groups attached to an aromatic ring is 1. The van der Waals surface area contributed by atoms with Crippen LogP contribution in [0.25, 0.3) is 0 Å². The molecule has 1 saturated heterocycles. The Morgan fingerprint density at radius 2 is 2.00 bits per heavy atom. The van der Waals surface area contributed by atoms with E-state index in [0.29, 0.717) is 39.1 Å². The van der Waals surface area contributed by atoms with E-state index in [0.717, 1.165) is 12.8 Å². The first-order chi connectivity index (χ1) is 12.4. The Morgan fingerprint density at radius 3 is 2.58 bits per heavy atom. The van der Waals surface area contributed by atoms with Crippen molar-refractivity contribution in [3.8, 4) is 0 Å². The van der Waals surface area contributed by atoms with Crippen LogP contribution >= 0.6 is 0 Å². The summed E-state index contributed by atoms with van der Waals surface area (Å²) in [4.78, 5) is 41.6. The fourth-order valence-electron chi connectivity index (χ4n) is 3.20. The van der Waals surface area contributed by atoms with Gasteiger partial charge in [-0.15, -0.1) is 0 Å². The van der Waals surface area contributed by atoms with Crippen LogP contribution in [0.15, 0.2) is 9.59 Å². The molecule has 0 radical (unpaired) electrons. The van der Waals surface area contributed by atoms with Gasteiger partial charge in [0.25, 0.3) is 5.56 Å². The maximum atomic E-state index is 13.1. The lowest BCUT2D eigenvalue weighted by atomic mass is 9.98. The summed E-state index contributed by atoms with van der Waals surface area (Å²) in [7, 11) is 0. The summed E-state index contributed by atoms with van der Waals surface area (Å²) in [5, 5.41) is 0. The number of H-pyrrole nitrogens is 1. The highest BCUT2D eigenvalue weighted by molar-refractivity contribution is 5.97. The van der Waals surface area contributed by atoms with Crippen LogP contribution < -0.4 is 21.9 Å². The molecule has 146 valence electrons. The molecule has 0 aliphatic carbocycles. The maximum Gasteiger partial charge on any atom is 0.330 e. The highest BCUT2D eigenvalue weighted by Crippen LogP contribution is 2.24. The molecule has 1 aromatic heterocycles. The van der Waals surface area contributed by atoms with Gasteiger partial charge in [0.2, 0.25) is 5.91 Å².